The molecule has 0 fully saturated rings. The van der Waals surface area contributed by atoms with E-state index < -0.39 is 23.3 Å². The standard InChI is InChI=1S/C16H22F4/c1-6-14(4,5)12-8-7-9-13(10-12)16(19,20)15(17,18)11(2)3/h7-11H,6H2,1-5H3. The van der Waals surface area contributed by atoms with Gasteiger partial charge in [0.15, 0.2) is 0 Å². The van der Waals surface area contributed by atoms with E-state index in [9.17, 15) is 17.6 Å². The van der Waals surface area contributed by atoms with Gasteiger partial charge in [-0.25, -0.2) is 0 Å². The molecule has 0 spiro atoms. The van der Waals surface area contributed by atoms with Crippen LogP contribution in [0.2, 0.25) is 0 Å². The predicted octanol–water partition coefficient (Wildman–Crippen LogP) is 5.76. The Hall–Kier alpha value is -1.06. The summed E-state index contributed by atoms with van der Waals surface area (Å²) in [7, 11) is 0. The molecule has 4 heteroatoms. The van der Waals surface area contributed by atoms with Crippen LogP contribution in [0.4, 0.5) is 17.6 Å². The van der Waals surface area contributed by atoms with E-state index in [-0.39, 0.29) is 5.41 Å². The lowest BCUT2D eigenvalue weighted by molar-refractivity contribution is -0.238. The number of hydrogen-bond acceptors (Lipinski definition) is 0. The molecule has 0 atom stereocenters. The number of rotatable bonds is 5. The van der Waals surface area contributed by atoms with E-state index >= 15 is 0 Å². The Balaban J connectivity index is 3.31. The molecule has 0 amide bonds. The first kappa shape index (κ1) is 17.0. The van der Waals surface area contributed by atoms with Crippen molar-refractivity contribution in [3.05, 3.63) is 35.4 Å². The maximum atomic E-state index is 14.1. The van der Waals surface area contributed by atoms with Crippen LogP contribution in [0.1, 0.15) is 52.2 Å². The summed E-state index contributed by atoms with van der Waals surface area (Å²) >= 11 is 0. The first-order valence-electron chi connectivity index (χ1n) is 6.83. The molecule has 0 N–H and O–H groups in total. The zero-order valence-electron chi connectivity index (χ0n) is 12.6. The summed E-state index contributed by atoms with van der Waals surface area (Å²) < 4.78 is 55.8. The van der Waals surface area contributed by atoms with Crippen LogP contribution in [0.15, 0.2) is 24.3 Å². The van der Waals surface area contributed by atoms with E-state index in [1.54, 1.807) is 6.07 Å². The van der Waals surface area contributed by atoms with E-state index in [0.29, 0.717) is 5.56 Å². The van der Waals surface area contributed by atoms with Crippen molar-refractivity contribution < 1.29 is 17.6 Å². The van der Waals surface area contributed by atoms with Crippen LogP contribution >= 0.6 is 0 Å². The molecule has 0 radical (unpaired) electrons. The lowest BCUT2D eigenvalue weighted by atomic mass is 9.80. The van der Waals surface area contributed by atoms with Crippen molar-refractivity contribution in [1.82, 2.24) is 0 Å². The quantitative estimate of drug-likeness (QED) is 0.605. The fraction of sp³-hybridized carbons (Fsp3) is 0.625. The van der Waals surface area contributed by atoms with Gasteiger partial charge in [0, 0.05) is 11.5 Å². The highest BCUT2D eigenvalue weighted by molar-refractivity contribution is 5.32. The predicted molar refractivity (Wildman–Crippen MR) is 73.4 cm³/mol. The molecule has 0 heterocycles. The van der Waals surface area contributed by atoms with Gasteiger partial charge < -0.3 is 0 Å². The maximum Gasteiger partial charge on any atom is 0.335 e. The van der Waals surface area contributed by atoms with Crippen LogP contribution in [0.25, 0.3) is 0 Å². The smallest absolute Gasteiger partial charge is 0.199 e. The van der Waals surface area contributed by atoms with E-state index in [1.807, 2.05) is 20.8 Å². The van der Waals surface area contributed by atoms with Crippen LogP contribution in [0, 0.1) is 5.92 Å². The monoisotopic (exact) mass is 290 g/mol. The highest BCUT2D eigenvalue weighted by Gasteiger charge is 2.59. The topological polar surface area (TPSA) is 0 Å². The van der Waals surface area contributed by atoms with Crippen molar-refractivity contribution >= 4 is 0 Å². The Labute approximate surface area is 118 Å². The fourth-order valence-corrected chi connectivity index (χ4v) is 1.89. The first-order chi connectivity index (χ1) is 8.96. The average molecular weight is 290 g/mol. The van der Waals surface area contributed by atoms with Gasteiger partial charge in [0.25, 0.3) is 0 Å². The second-order valence-corrected chi connectivity index (χ2v) is 6.17. The van der Waals surface area contributed by atoms with E-state index in [0.717, 1.165) is 26.3 Å². The summed E-state index contributed by atoms with van der Waals surface area (Å²) in [6.07, 6.45) is 0.739. The summed E-state index contributed by atoms with van der Waals surface area (Å²) in [6.45, 7) is 7.96. The van der Waals surface area contributed by atoms with Gasteiger partial charge in [-0.2, -0.15) is 17.6 Å². The summed E-state index contributed by atoms with van der Waals surface area (Å²) in [5.41, 5.74) is -0.286. The van der Waals surface area contributed by atoms with Gasteiger partial charge in [-0.15, -0.1) is 0 Å². The van der Waals surface area contributed by atoms with Gasteiger partial charge in [-0.1, -0.05) is 52.8 Å². The van der Waals surface area contributed by atoms with Crippen LogP contribution in [0.5, 0.6) is 0 Å². The third-order valence-corrected chi connectivity index (χ3v) is 4.03. The van der Waals surface area contributed by atoms with Crippen molar-refractivity contribution in [2.45, 2.75) is 58.3 Å². The molecule has 114 valence electrons. The highest BCUT2D eigenvalue weighted by Crippen LogP contribution is 2.47. The minimum Gasteiger partial charge on any atom is -0.199 e. The van der Waals surface area contributed by atoms with Gasteiger partial charge in [0.1, 0.15) is 0 Å². The van der Waals surface area contributed by atoms with Crippen molar-refractivity contribution in [2.75, 3.05) is 0 Å². The first-order valence-corrected chi connectivity index (χ1v) is 6.83. The van der Waals surface area contributed by atoms with Gasteiger partial charge in [0.05, 0.1) is 0 Å². The molecule has 0 bridgehead atoms. The van der Waals surface area contributed by atoms with Gasteiger partial charge >= 0.3 is 11.8 Å². The summed E-state index contributed by atoms with van der Waals surface area (Å²) in [5, 5.41) is 0. The number of hydrogen-bond donors (Lipinski definition) is 0. The molecule has 0 nitrogen and oxygen atoms in total. The molecule has 0 aliphatic carbocycles. The SMILES string of the molecule is CCC(C)(C)c1cccc(C(F)(F)C(F)(F)C(C)C)c1. The van der Waals surface area contributed by atoms with Crippen LogP contribution < -0.4 is 0 Å². The highest BCUT2D eigenvalue weighted by atomic mass is 19.3. The third-order valence-electron chi connectivity index (χ3n) is 4.03. The molecule has 1 aromatic carbocycles. The van der Waals surface area contributed by atoms with Crippen LogP contribution in [-0.2, 0) is 11.3 Å². The van der Waals surface area contributed by atoms with E-state index in [4.69, 9.17) is 0 Å². The Kier molecular flexibility index (Phi) is 4.57. The Morgan fingerprint density at radius 3 is 1.95 bits per heavy atom. The molecule has 0 aliphatic heterocycles. The summed E-state index contributed by atoms with van der Waals surface area (Å²) in [4.78, 5) is 0. The molecule has 0 saturated heterocycles. The Morgan fingerprint density at radius 1 is 1.00 bits per heavy atom. The minimum atomic E-state index is -4.17. The molecule has 0 unspecified atom stereocenters. The minimum absolute atomic E-state index is 0.320. The Morgan fingerprint density at radius 2 is 1.50 bits per heavy atom. The zero-order valence-corrected chi connectivity index (χ0v) is 12.6. The molecule has 0 aliphatic rings. The number of alkyl halides is 4. The number of benzene rings is 1. The zero-order chi connectivity index (χ0) is 15.8. The number of halogens is 4. The summed E-state index contributed by atoms with van der Waals surface area (Å²) in [5.74, 6) is -9.66. The normalized spacial score (nSPS) is 13.9. The van der Waals surface area contributed by atoms with E-state index in [1.165, 1.54) is 12.1 Å². The third kappa shape index (κ3) is 2.84. The maximum absolute atomic E-state index is 14.1. The van der Waals surface area contributed by atoms with Crippen molar-refractivity contribution in [3.63, 3.8) is 0 Å². The lowest BCUT2D eigenvalue weighted by Gasteiger charge is -2.31. The largest absolute Gasteiger partial charge is 0.335 e. The van der Waals surface area contributed by atoms with Crippen molar-refractivity contribution in [3.8, 4) is 0 Å². The lowest BCUT2D eigenvalue weighted by Crippen LogP contribution is -2.42. The molecular weight excluding hydrogens is 268 g/mol. The molecule has 0 saturated carbocycles. The van der Waals surface area contributed by atoms with Gasteiger partial charge in [0.2, 0.25) is 0 Å². The molecule has 1 rings (SSSR count). The fourth-order valence-electron chi connectivity index (χ4n) is 1.89. The second kappa shape index (κ2) is 5.38. The second-order valence-electron chi connectivity index (χ2n) is 6.17. The Bertz CT molecular complexity index is 461. The van der Waals surface area contributed by atoms with Crippen molar-refractivity contribution in [1.29, 1.82) is 0 Å². The van der Waals surface area contributed by atoms with Gasteiger partial charge in [-0.3, -0.25) is 0 Å². The van der Waals surface area contributed by atoms with Crippen LogP contribution in [-0.4, -0.2) is 5.92 Å². The van der Waals surface area contributed by atoms with E-state index in [2.05, 4.69) is 0 Å². The van der Waals surface area contributed by atoms with Crippen LogP contribution in [0.3, 0.4) is 0 Å². The van der Waals surface area contributed by atoms with Gasteiger partial charge in [-0.05, 0) is 23.5 Å². The van der Waals surface area contributed by atoms with Crippen molar-refractivity contribution in [2.24, 2.45) is 5.92 Å². The molecule has 0 aromatic heterocycles. The average Bonchev–Trinajstić information content (AvgIpc) is 2.38. The molecule has 20 heavy (non-hydrogen) atoms. The molecule has 1 aromatic rings. The summed E-state index contributed by atoms with van der Waals surface area (Å²) in [6, 6.07) is 5.41. The molecular formula is C16H22F4.